The highest BCUT2D eigenvalue weighted by molar-refractivity contribution is 5.69. The third-order valence-electron chi connectivity index (χ3n) is 7.24. The van der Waals surface area contributed by atoms with Gasteiger partial charge in [-0.15, -0.1) is 10.2 Å². The van der Waals surface area contributed by atoms with Gasteiger partial charge in [-0.2, -0.15) is 0 Å². The van der Waals surface area contributed by atoms with Crippen LogP contribution in [0.2, 0.25) is 0 Å². The first-order valence-electron chi connectivity index (χ1n) is 11.3. The predicted molar refractivity (Wildman–Crippen MR) is 125 cm³/mol. The van der Waals surface area contributed by atoms with Gasteiger partial charge in [-0.25, -0.2) is 9.37 Å². The van der Waals surface area contributed by atoms with Gasteiger partial charge < -0.3 is 14.6 Å². The summed E-state index contributed by atoms with van der Waals surface area (Å²) >= 11 is 0. The smallest absolute Gasteiger partial charge is 0.151 e. The molecule has 2 aromatic heterocycles. The number of hydrogen-bond donors (Lipinski definition) is 1. The molecule has 4 rings (SSSR count). The second-order valence-corrected chi connectivity index (χ2v) is 9.46. The van der Waals surface area contributed by atoms with E-state index in [1.807, 2.05) is 53.9 Å². The summed E-state index contributed by atoms with van der Waals surface area (Å²) in [6, 6.07) is 8.83. The van der Waals surface area contributed by atoms with Gasteiger partial charge in [0.2, 0.25) is 0 Å². The molecule has 7 heteroatoms. The van der Waals surface area contributed by atoms with Crippen LogP contribution in [0, 0.1) is 11.3 Å². The van der Waals surface area contributed by atoms with Crippen molar-refractivity contribution >= 4 is 5.82 Å². The fourth-order valence-electron chi connectivity index (χ4n) is 4.64. The molecule has 1 fully saturated rings. The lowest BCUT2D eigenvalue weighted by Gasteiger charge is -2.36. The minimum absolute atomic E-state index is 0.0222. The maximum absolute atomic E-state index is 15.3. The maximum Gasteiger partial charge on any atom is 0.151 e. The van der Waals surface area contributed by atoms with E-state index in [0.717, 1.165) is 31.4 Å². The number of rotatable bonds is 5. The summed E-state index contributed by atoms with van der Waals surface area (Å²) in [5.41, 5.74) is 2.11. The van der Waals surface area contributed by atoms with Crippen LogP contribution in [-0.2, 0) is 0 Å². The summed E-state index contributed by atoms with van der Waals surface area (Å²) < 4.78 is 17.2. The Kier molecular flexibility index (Phi) is 6.17. The highest BCUT2D eigenvalue weighted by atomic mass is 19.1. The molecule has 6 nitrogen and oxygen atoms in total. The Labute approximate surface area is 189 Å². The van der Waals surface area contributed by atoms with Crippen molar-refractivity contribution in [2.45, 2.75) is 58.7 Å². The summed E-state index contributed by atoms with van der Waals surface area (Å²) in [4.78, 5) is 5.97. The summed E-state index contributed by atoms with van der Waals surface area (Å²) in [5.74, 6) is 0.782. The van der Waals surface area contributed by atoms with Gasteiger partial charge in [0, 0.05) is 31.1 Å². The zero-order chi connectivity index (χ0) is 22.9. The van der Waals surface area contributed by atoms with Crippen LogP contribution in [-0.4, -0.2) is 44.1 Å². The van der Waals surface area contributed by atoms with E-state index < -0.39 is 6.17 Å². The SMILES string of the molecule is CC[C@]1(C)CC[C@H](C)[C@H](F)[C@H](N(C)c2ccc(-c3ccc(-n4ccnc4)cc3O)nn2)C1. The van der Waals surface area contributed by atoms with Crippen molar-refractivity contribution in [2.75, 3.05) is 11.9 Å². The number of benzene rings is 1. The zero-order valence-electron chi connectivity index (χ0n) is 19.2. The van der Waals surface area contributed by atoms with E-state index in [1.165, 1.54) is 0 Å². The van der Waals surface area contributed by atoms with Crippen LogP contribution in [0.1, 0.15) is 46.5 Å². The van der Waals surface area contributed by atoms with Crippen LogP contribution in [0.4, 0.5) is 10.2 Å². The number of aromatic hydroxyl groups is 1. The third kappa shape index (κ3) is 4.33. The molecule has 4 atom stereocenters. The lowest BCUT2D eigenvalue weighted by atomic mass is 9.78. The second-order valence-electron chi connectivity index (χ2n) is 9.46. The van der Waals surface area contributed by atoms with E-state index in [9.17, 15) is 5.11 Å². The number of hydrogen-bond acceptors (Lipinski definition) is 5. The van der Waals surface area contributed by atoms with Crippen LogP contribution in [0.25, 0.3) is 16.9 Å². The van der Waals surface area contributed by atoms with Crippen molar-refractivity contribution in [1.82, 2.24) is 19.7 Å². The number of imidazole rings is 1. The predicted octanol–water partition coefficient (Wildman–Crippen LogP) is 5.41. The van der Waals surface area contributed by atoms with Gasteiger partial charge in [0.15, 0.2) is 5.82 Å². The number of halogens is 1. The largest absolute Gasteiger partial charge is 0.507 e. The highest BCUT2D eigenvalue weighted by Crippen LogP contribution is 2.42. The number of nitrogens with zero attached hydrogens (tertiary/aromatic N) is 5. The first-order chi connectivity index (χ1) is 15.3. The number of alkyl halides is 1. The van der Waals surface area contributed by atoms with Crippen LogP contribution >= 0.6 is 0 Å². The molecule has 0 spiro atoms. The summed E-state index contributed by atoms with van der Waals surface area (Å²) in [6.07, 6.45) is 8.06. The number of aromatic nitrogens is 4. The van der Waals surface area contributed by atoms with E-state index in [1.54, 1.807) is 18.6 Å². The molecule has 1 aromatic carbocycles. The molecule has 32 heavy (non-hydrogen) atoms. The lowest BCUT2D eigenvalue weighted by Crippen LogP contribution is -2.43. The van der Waals surface area contributed by atoms with E-state index in [4.69, 9.17) is 0 Å². The molecular formula is C25H32FN5O. The van der Waals surface area contributed by atoms with E-state index in [0.29, 0.717) is 17.1 Å². The lowest BCUT2D eigenvalue weighted by molar-refractivity contribution is 0.188. The van der Waals surface area contributed by atoms with Crippen molar-refractivity contribution in [1.29, 1.82) is 0 Å². The number of phenolic OH excluding ortho intramolecular Hbond substituents is 1. The van der Waals surface area contributed by atoms with Gasteiger partial charge in [0.1, 0.15) is 11.9 Å². The second kappa shape index (κ2) is 8.88. The van der Waals surface area contributed by atoms with Crippen LogP contribution < -0.4 is 4.90 Å². The van der Waals surface area contributed by atoms with Crippen LogP contribution in [0.15, 0.2) is 49.1 Å². The molecule has 1 saturated carbocycles. The Morgan fingerprint density at radius 2 is 2.06 bits per heavy atom. The molecule has 0 bridgehead atoms. The van der Waals surface area contributed by atoms with Crippen molar-refractivity contribution in [3.8, 4) is 22.7 Å². The van der Waals surface area contributed by atoms with Crippen LogP contribution in [0.5, 0.6) is 5.75 Å². The topological polar surface area (TPSA) is 67.1 Å². The van der Waals surface area contributed by atoms with E-state index >= 15 is 4.39 Å². The molecule has 0 unspecified atom stereocenters. The first-order valence-corrected chi connectivity index (χ1v) is 11.3. The minimum Gasteiger partial charge on any atom is -0.507 e. The Morgan fingerprint density at radius 3 is 2.69 bits per heavy atom. The Bertz CT molecular complexity index is 1040. The third-order valence-corrected chi connectivity index (χ3v) is 7.24. The normalized spacial score (nSPS) is 26.0. The van der Waals surface area contributed by atoms with Gasteiger partial charge in [-0.1, -0.05) is 27.2 Å². The molecule has 3 aromatic rings. The van der Waals surface area contributed by atoms with Crippen molar-refractivity contribution in [3.05, 3.63) is 49.1 Å². The zero-order valence-corrected chi connectivity index (χ0v) is 19.2. The van der Waals surface area contributed by atoms with E-state index in [-0.39, 0.29) is 23.1 Å². The molecule has 1 aliphatic rings. The molecule has 1 N–H and O–H groups in total. The molecule has 0 saturated heterocycles. The van der Waals surface area contributed by atoms with Gasteiger partial charge in [0.05, 0.1) is 23.8 Å². The molecular weight excluding hydrogens is 405 g/mol. The fourth-order valence-corrected chi connectivity index (χ4v) is 4.64. The minimum atomic E-state index is -0.908. The average molecular weight is 438 g/mol. The summed E-state index contributed by atoms with van der Waals surface area (Å²) in [7, 11) is 1.91. The first kappa shape index (κ1) is 22.2. The van der Waals surface area contributed by atoms with Gasteiger partial charge in [-0.3, -0.25) is 0 Å². The Morgan fingerprint density at radius 1 is 1.25 bits per heavy atom. The van der Waals surface area contributed by atoms with E-state index in [2.05, 4.69) is 29.0 Å². The van der Waals surface area contributed by atoms with Crippen molar-refractivity contribution in [2.24, 2.45) is 11.3 Å². The van der Waals surface area contributed by atoms with Crippen molar-refractivity contribution in [3.63, 3.8) is 0 Å². The monoisotopic (exact) mass is 437 g/mol. The molecule has 1 aliphatic carbocycles. The molecule has 0 amide bonds. The number of anilines is 1. The Balaban J connectivity index is 1.56. The Hall–Kier alpha value is -2.96. The number of phenols is 1. The molecule has 2 heterocycles. The van der Waals surface area contributed by atoms with Crippen LogP contribution in [0.3, 0.4) is 0 Å². The average Bonchev–Trinajstić information content (AvgIpc) is 3.32. The molecule has 0 radical (unpaired) electrons. The van der Waals surface area contributed by atoms with Gasteiger partial charge in [0.25, 0.3) is 0 Å². The maximum atomic E-state index is 15.3. The highest BCUT2D eigenvalue weighted by Gasteiger charge is 2.40. The standard InChI is InChI=1S/C25H32FN5O/c1-5-25(3)11-10-17(2)24(26)21(15-25)30(4)23-9-8-20(28-29-23)19-7-6-18(14-22(19)32)31-13-12-27-16-31/h6-9,12-14,16-17,21,24,32H,5,10-11,15H2,1-4H3/t17-,21+,24-,25+/m0/s1. The molecule has 170 valence electrons. The summed E-state index contributed by atoms with van der Waals surface area (Å²) in [6.45, 7) is 6.47. The summed E-state index contributed by atoms with van der Waals surface area (Å²) in [5, 5.41) is 19.3. The quantitative estimate of drug-likeness (QED) is 0.540. The van der Waals surface area contributed by atoms with Gasteiger partial charge >= 0.3 is 0 Å². The fraction of sp³-hybridized carbons (Fsp3) is 0.480. The van der Waals surface area contributed by atoms with Gasteiger partial charge in [-0.05, 0) is 54.9 Å². The van der Waals surface area contributed by atoms with Crippen molar-refractivity contribution < 1.29 is 9.50 Å². The molecule has 0 aliphatic heterocycles.